The Labute approximate surface area is 117 Å². The van der Waals surface area contributed by atoms with Crippen molar-refractivity contribution in [1.29, 1.82) is 0 Å². The van der Waals surface area contributed by atoms with Crippen molar-refractivity contribution < 1.29 is 9.45 Å². The van der Waals surface area contributed by atoms with Gasteiger partial charge in [-0.15, -0.1) is 11.3 Å². The van der Waals surface area contributed by atoms with Gasteiger partial charge in [-0.25, -0.2) is 0 Å². The molecule has 6 nitrogen and oxygen atoms in total. The monoisotopic (exact) mass is 287 g/mol. The summed E-state index contributed by atoms with van der Waals surface area (Å²) in [6.45, 7) is 0. The zero-order valence-electron chi connectivity index (χ0n) is 10.1. The summed E-state index contributed by atoms with van der Waals surface area (Å²) < 4.78 is 5.02. The number of hydrogen-bond donors (Lipinski definition) is 1. The van der Waals surface area contributed by atoms with Crippen LogP contribution in [0.1, 0.15) is 0 Å². The minimum absolute atomic E-state index is 0.0291. The molecule has 3 rings (SSSR count). The average molecular weight is 287 g/mol. The number of nitro groups is 1. The third-order valence-corrected chi connectivity index (χ3v) is 3.73. The number of rotatable bonds is 3. The first-order valence-corrected chi connectivity index (χ1v) is 6.59. The molecule has 0 bridgehead atoms. The maximum atomic E-state index is 11.1. The highest BCUT2D eigenvalue weighted by Gasteiger charge is 2.24. The van der Waals surface area contributed by atoms with Gasteiger partial charge < -0.3 is 10.3 Å². The second-order valence-electron chi connectivity index (χ2n) is 4.02. The molecule has 2 heterocycles. The Morgan fingerprint density at radius 2 is 2.05 bits per heavy atom. The van der Waals surface area contributed by atoms with E-state index < -0.39 is 4.92 Å². The van der Waals surface area contributed by atoms with E-state index in [4.69, 9.17) is 10.3 Å². The lowest BCUT2D eigenvalue weighted by Gasteiger charge is -2.01. The maximum Gasteiger partial charge on any atom is 0.278 e. The van der Waals surface area contributed by atoms with E-state index in [9.17, 15) is 10.1 Å². The molecular formula is C13H9N3O3S. The normalized spacial score (nSPS) is 10.6. The number of hydrogen-bond acceptors (Lipinski definition) is 6. The smallest absolute Gasteiger partial charge is 0.278 e. The van der Waals surface area contributed by atoms with Gasteiger partial charge in [0.2, 0.25) is 5.88 Å². The van der Waals surface area contributed by atoms with E-state index in [0.717, 1.165) is 4.88 Å². The molecule has 2 N–H and O–H groups in total. The number of nitrogens with zero attached hydrogens (tertiary/aromatic N) is 2. The molecule has 0 amide bonds. The molecule has 100 valence electrons. The van der Waals surface area contributed by atoms with Crippen LogP contribution in [-0.4, -0.2) is 10.1 Å². The predicted octanol–water partition coefficient (Wildman–Crippen LogP) is 3.56. The molecule has 0 spiro atoms. The molecule has 2 aromatic heterocycles. The van der Waals surface area contributed by atoms with Gasteiger partial charge in [-0.3, -0.25) is 10.1 Å². The van der Waals surface area contributed by atoms with Crippen LogP contribution >= 0.6 is 11.3 Å². The molecule has 1 aromatic carbocycles. The van der Waals surface area contributed by atoms with Crippen molar-refractivity contribution in [3.63, 3.8) is 0 Å². The number of nitrogens with two attached hydrogens (primary N) is 1. The molecule has 0 fully saturated rings. The molecule has 20 heavy (non-hydrogen) atoms. The van der Waals surface area contributed by atoms with E-state index in [1.165, 1.54) is 17.4 Å². The quantitative estimate of drug-likeness (QED) is 0.587. The number of nitrogen functional groups attached to an aromatic ring is 1. The van der Waals surface area contributed by atoms with E-state index in [-0.39, 0.29) is 11.6 Å². The molecule has 0 aliphatic carbocycles. The molecule has 0 saturated carbocycles. The second kappa shape index (κ2) is 4.78. The van der Waals surface area contributed by atoms with Gasteiger partial charge in [-0.2, -0.15) is 0 Å². The first-order valence-electron chi connectivity index (χ1n) is 5.71. The fourth-order valence-corrected chi connectivity index (χ4v) is 2.75. The third-order valence-electron chi connectivity index (χ3n) is 2.84. The summed E-state index contributed by atoms with van der Waals surface area (Å²) >= 11 is 1.47. The highest BCUT2D eigenvalue weighted by molar-refractivity contribution is 7.13. The van der Waals surface area contributed by atoms with Crippen molar-refractivity contribution in [2.45, 2.75) is 0 Å². The Morgan fingerprint density at radius 1 is 1.25 bits per heavy atom. The van der Waals surface area contributed by atoms with Crippen LogP contribution in [0.15, 0.2) is 46.3 Å². The van der Waals surface area contributed by atoms with Crippen molar-refractivity contribution in [2.24, 2.45) is 0 Å². The SMILES string of the molecule is Nc1onc(-c2ccccc2[N+](=O)[O-])c1-c1cccs1. The van der Waals surface area contributed by atoms with Crippen molar-refractivity contribution in [2.75, 3.05) is 5.73 Å². The Hall–Kier alpha value is -2.67. The fourth-order valence-electron chi connectivity index (χ4n) is 1.98. The van der Waals surface area contributed by atoms with E-state index in [1.54, 1.807) is 18.2 Å². The molecule has 0 aliphatic rings. The molecule has 0 saturated heterocycles. The van der Waals surface area contributed by atoms with E-state index in [0.29, 0.717) is 16.8 Å². The first kappa shape index (κ1) is 12.4. The summed E-state index contributed by atoms with van der Waals surface area (Å²) in [6.07, 6.45) is 0. The van der Waals surface area contributed by atoms with Crippen molar-refractivity contribution in [1.82, 2.24) is 5.16 Å². The lowest BCUT2D eigenvalue weighted by atomic mass is 10.0. The van der Waals surface area contributed by atoms with Crippen LogP contribution in [0.3, 0.4) is 0 Å². The third kappa shape index (κ3) is 1.94. The zero-order chi connectivity index (χ0) is 14.1. The van der Waals surface area contributed by atoms with Gasteiger partial charge >= 0.3 is 0 Å². The van der Waals surface area contributed by atoms with Gasteiger partial charge in [0.1, 0.15) is 5.69 Å². The molecule has 0 aliphatic heterocycles. The average Bonchev–Trinajstić information content (AvgIpc) is 3.07. The van der Waals surface area contributed by atoms with Crippen LogP contribution in [0, 0.1) is 10.1 Å². The Balaban J connectivity index is 2.25. The molecule has 0 atom stereocenters. The fraction of sp³-hybridized carbons (Fsp3) is 0. The summed E-state index contributed by atoms with van der Waals surface area (Å²) in [5, 5.41) is 16.9. The van der Waals surface area contributed by atoms with Crippen LogP contribution in [0.2, 0.25) is 0 Å². The number of anilines is 1. The minimum Gasteiger partial charge on any atom is -0.367 e. The van der Waals surface area contributed by atoms with E-state index >= 15 is 0 Å². The first-order chi connectivity index (χ1) is 9.68. The predicted molar refractivity (Wildman–Crippen MR) is 76.3 cm³/mol. The maximum absolute atomic E-state index is 11.1. The number of aromatic nitrogens is 1. The minimum atomic E-state index is -0.446. The van der Waals surface area contributed by atoms with Crippen molar-refractivity contribution in [3.05, 3.63) is 51.9 Å². The topological polar surface area (TPSA) is 95.2 Å². The number of benzene rings is 1. The summed E-state index contributed by atoms with van der Waals surface area (Å²) in [5.74, 6) is 0.153. The van der Waals surface area contributed by atoms with Gasteiger partial charge in [-0.1, -0.05) is 23.4 Å². The van der Waals surface area contributed by atoms with Gasteiger partial charge in [0, 0.05) is 10.9 Å². The molecule has 7 heteroatoms. The Bertz CT molecular complexity index is 765. The summed E-state index contributed by atoms with van der Waals surface area (Å²) in [5.41, 5.74) is 7.14. The standard InChI is InChI=1S/C13H9N3O3S/c14-13-11(10-6-3-7-20-10)12(15-19-13)8-4-1-2-5-9(8)16(17)18/h1-7H,14H2. The second-order valence-corrected chi connectivity index (χ2v) is 4.97. The van der Waals surface area contributed by atoms with Gasteiger partial charge in [-0.05, 0) is 17.5 Å². The molecular weight excluding hydrogens is 278 g/mol. The van der Waals surface area contributed by atoms with Crippen LogP contribution in [0.25, 0.3) is 21.7 Å². The van der Waals surface area contributed by atoms with E-state index in [1.807, 2.05) is 17.5 Å². The number of thiophene rings is 1. The molecule has 0 unspecified atom stereocenters. The highest BCUT2D eigenvalue weighted by Crippen LogP contribution is 2.41. The van der Waals surface area contributed by atoms with Crippen molar-refractivity contribution in [3.8, 4) is 21.7 Å². The van der Waals surface area contributed by atoms with E-state index in [2.05, 4.69) is 5.16 Å². The van der Waals surface area contributed by atoms with Gasteiger partial charge in [0.15, 0.2) is 0 Å². The van der Waals surface area contributed by atoms with Crippen LogP contribution in [-0.2, 0) is 0 Å². The lowest BCUT2D eigenvalue weighted by Crippen LogP contribution is -1.93. The summed E-state index contributed by atoms with van der Waals surface area (Å²) in [4.78, 5) is 11.5. The largest absolute Gasteiger partial charge is 0.367 e. The molecule has 3 aromatic rings. The Morgan fingerprint density at radius 3 is 2.75 bits per heavy atom. The summed E-state index contributed by atoms with van der Waals surface area (Å²) in [7, 11) is 0. The van der Waals surface area contributed by atoms with Crippen LogP contribution in [0.5, 0.6) is 0 Å². The summed E-state index contributed by atoms with van der Waals surface area (Å²) in [6, 6.07) is 10.1. The van der Waals surface area contributed by atoms with Crippen LogP contribution in [0.4, 0.5) is 11.6 Å². The zero-order valence-corrected chi connectivity index (χ0v) is 11.0. The van der Waals surface area contributed by atoms with Crippen molar-refractivity contribution >= 4 is 22.9 Å². The van der Waals surface area contributed by atoms with Gasteiger partial charge in [0.25, 0.3) is 5.69 Å². The number of nitro benzene ring substituents is 1. The van der Waals surface area contributed by atoms with Crippen LogP contribution < -0.4 is 5.73 Å². The Kier molecular flexibility index (Phi) is 2.96. The lowest BCUT2D eigenvalue weighted by molar-refractivity contribution is -0.384. The highest BCUT2D eigenvalue weighted by atomic mass is 32.1. The molecule has 0 radical (unpaired) electrons. The number of para-hydroxylation sites is 1. The van der Waals surface area contributed by atoms with Gasteiger partial charge in [0.05, 0.1) is 16.1 Å².